The van der Waals surface area contributed by atoms with Gasteiger partial charge in [0.05, 0.1) is 19.9 Å². The Morgan fingerprint density at radius 3 is 2.84 bits per heavy atom. The summed E-state index contributed by atoms with van der Waals surface area (Å²) in [4.78, 5) is 14.5. The van der Waals surface area contributed by atoms with Crippen LogP contribution >= 0.6 is 0 Å². The summed E-state index contributed by atoms with van der Waals surface area (Å²) in [6.07, 6.45) is 6.99. The maximum absolute atomic E-state index is 12.3. The molecule has 1 amide bonds. The molecule has 1 aliphatic heterocycles. The summed E-state index contributed by atoms with van der Waals surface area (Å²) in [5.41, 5.74) is 2.39. The second-order valence-electron chi connectivity index (χ2n) is 6.52. The van der Waals surface area contributed by atoms with Crippen molar-refractivity contribution in [1.29, 1.82) is 0 Å². The molecule has 0 aliphatic carbocycles. The van der Waals surface area contributed by atoms with Crippen LogP contribution in [0.15, 0.2) is 36.7 Å². The van der Waals surface area contributed by atoms with Gasteiger partial charge in [-0.3, -0.25) is 14.4 Å². The number of ether oxygens (including phenoxy) is 1. The van der Waals surface area contributed by atoms with Crippen LogP contribution in [0.2, 0.25) is 0 Å². The van der Waals surface area contributed by atoms with Crippen LogP contribution in [0.5, 0.6) is 5.75 Å². The van der Waals surface area contributed by atoms with Crippen LogP contribution in [0, 0.1) is 0 Å². The molecule has 1 fully saturated rings. The molecule has 3 rings (SSSR count). The van der Waals surface area contributed by atoms with E-state index < -0.39 is 0 Å². The minimum Gasteiger partial charge on any atom is -0.497 e. The minimum absolute atomic E-state index is 0.0873. The average Bonchev–Trinajstić information content (AvgIpc) is 3.24. The molecular formula is C19H26N4O2. The molecule has 134 valence electrons. The van der Waals surface area contributed by atoms with Gasteiger partial charge in [0, 0.05) is 31.4 Å². The number of rotatable bonds is 7. The van der Waals surface area contributed by atoms with Gasteiger partial charge < -0.3 is 10.1 Å². The lowest BCUT2D eigenvalue weighted by Crippen LogP contribution is -2.37. The largest absolute Gasteiger partial charge is 0.497 e. The van der Waals surface area contributed by atoms with Crippen molar-refractivity contribution in [2.75, 3.05) is 26.7 Å². The number of hydrogen-bond acceptors (Lipinski definition) is 4. The number of aryl methyl sites for hydroxylation is 1. The topological polar surface area (TPSA) is 59.4 Å². The normalized spacial score (nSPS) is 17.6. The maximum atomic E-state index is 12.3. The molecule has 25 heavy (non-hydrogen) atoms. The van der Waals surface area contributed by atoms with Crippen molar-refractivity contribution < 1.29 is 9.53 Å². The highest BCUT2D eigenvalue weighted by atomic mass is 16.5. The number of methoxy groups -OCH3 is 1. The quantitative estimate of drug-likeness (QED) is 0.835. The third-order valence-electron chi connectivity index (χ3n) is 4.71. The zero-order valence-corrected chi connectivity index (χ0v) is 14.9. The summed E-state index contributed by atoms with van der Waals surface area (Å²) >= 11 is 0. The third-order valence-corrected chi connectivity index (χ3v) is 4.71. The third kappa shape index (κ3) is 4.60. The molecule has 0 unspecified atom stereocenters. The summed E-state index contributed by atoms with van der Waals surface area (Å²) in [5.74, 6) is 0.938. The van der Waals surface area contributed by atoms with Crippen LogP contribution in [0.4, 0.5) is 0 Å². The van der Waals surface area contributed by atoms with Crippen molar-refractivity contribution in [3.8, 4) is 5.75 Å². The van der Waals surface area contributed by atoms with Gasteiger partial charge in [-0.15, -0.1) is 0 Å². The Balaban J connectivity index is 1.45. The van der Waals surface area contributed by atoms with Crippen molar-refractivity contribution in [2.45, 2.75) is 25.3 Å². The molecule has 6 heteroatoms. The lowest BCUT2D eigenvalue weighted by atomic mass is 10.1. The lowest BCUT2D eigenvalue weighted by molar-refractivity contribution is -0.122. The zero-order chi connectivity index (χ0) is 17.6. The second-order valence-corrected chi connectivity index (χ2v) is 6.52. The van der Waals surface area contributed by atoms with E-state index in [1.54, 1.807) is 7.11 Å². The molecule has 2 aromatic rings. The fourth-order valence-corrected chi connectivity index (χ4v) is 3.38. The fraction of sp³-hybridized carbons (Fsp3) is 0.474. The predicted octanol–water partition coefficient (Wildman–Crippen LogP) is 1.92. The van der Waals surface area contributed by atoms with Gasteiger partial charge in [-0.25, -0.2) is 0 Å². The average molecular weight is 342 g/mol. The van der Waals surface area contributed by atoms with E-state index in [0.29, 0.717) is 19.1 Å². The zero-order valence-electron chi connectivity index (χ0n) is 14.9. The monoisotopic (exact) mass is 342 g/mol. The predicted molar refractivity (Wildman–Crippen MR) is 96.5 cm³/mol. The Hall–Kier alpha value is -2.34. The number of likely N-dealkylation sites (tertiary alicyclic amines) is 1. The van der Waals surface area contributed by atoms with Gasteiger partial charge in [-0.2, -0.15) is 5.10 Å². The van der Waals surface area contributed by atoms with Gasteiger partial charge in [0.1, 0.15) is 5.75 Å². The van der Waals surface area contributed by atoms with Gasteiger partial charge in [0.2, 0.25) is 5.91 Å². The van der Waals surface area contributed by atoms with Crippen molar-refractivity contribution in [3.05, 3.63) is 47.8 Å². The Morgan fingerprint density at radius 2 is 2.16 bits per heavy atom. The van der Waals surface area contributed by atoms with Crippen molar-refractivity contribution in [3.63, 3.8) is 0 Å². The lowest BCUT2D eigenvalue weighted by Gasteiger charge is -2.22. The maximum Gasteiger partial charge on any atom is 0.234 e. The first kappa shape index (κ1) is 17.5. The van der Waals surface area contributed by atoms with Gasteiger partial charge in [-0.1, -0.05) is 12.1 Å². The molecule has 6 nitrogen and oxygen atoms in total. The molecule has 0 spiro atoms. The first-order chi connectivity index (χ1) is 12.2. The first-order valence-corrected chi connectivity index (χ1v) is 8.78. The Bertz CT molecular complexity index is 696. The van der Waals surface area contributed by atoms with Gasteiger partial charge in [0.15, 0.2) is 0 Å². The molecule has 2 heterocycles. The Labute approximate surface area is 148 Å². The molecule has 0 saturated carbocycles. The number of carbonyl (C=O) groups excluding carboxylic acids is 1. The number of carbonyl (C=O) groups is 1. The fourth-order valence-electron chi connectivity index (χ4n) is 3.38. The van der Waals surface area contributed by atoms with E-state index in [2.05, 4.69) is 15.3 Å². The summed E-state index contributed by atoms with van der Waals surface area (Å²) in [6, 6.07) is 8.26. The summed E-state index contributed by atoms with van der Waals surface area (Å²) in [5, 5.41) is 7.28. The number of amides is 1. The minimum atomic E-state index is 0.0873. The molecule has 1 N–H and O–H groups in total. The highest BCUT2D eigenvalue weighted by Gasteiger charge is 2.28. The van der Waals surface area contributed by atoms with Crippen LogP contribution in [0.3, 0.4) is 0 Å². The molecule has 1 atom stereocenters. The number of nitrogens with zero attached hydrogens (tertiary/aromatic N) is 3. The highest BCUT2D eigenvalue weighted by molar-refractivity contribution is 5.78. The molecule has 1 saturated heterocycles. The van der Waals surface area contributed by atoms with Crippen molar-refractivity contribution in [1.82, 2.24) is 20.0 Å². The van der Waals surface area contributed by atoms with Gasteiger partial charge in [-0.05, 0) is 43.5 Å². The van der Waals surface area contributed by atoms with E-state index in [-0.39, 0.29) is 5.91 Å². The van der Waals surface area contributed by atoms with Crippen LogP contribution in [-0.4, -0.2) is 47.3 Å². The summed E-state index contributed by atoms with van der Waals surface area (Å²) in [7, 11) is 3.58. The number of benzene rings is 1. The van der Waals surface area contributed by atoms with Crippen molar-refractivity contribution in [2.24, 2.45) is 7.05 Å². The highest BCUT2D eigenvalue weighted by Crippen LogP contribution is 2.30. The Morgan fingerprint density at radius 1 is 1.36 bits per heavy atom. The van der Waals surface area contributed by atoms with Crippen molar-refractivity contribution >= 4 is 5.91 Å². The standard InChI is InChI=1S/C19H26N4O2/c1-22-13-16(12-21-22)18-4-3-11-23(18)14-19(24)20-10-9-15-5-7-17(25-2)8-6-15/h5-8,12-13,18H,3-4,9-11,14H2,1-2H3,(H,20,24)/t18-/m0/s1. The van der Waals surface area contributed by atoms with E-state index in [1.165, 1.54) is 11.1 Å². The van der Waals surface area contributed by atoms with Gasteiger partial charge in [0.25, 0.3) is 0 Å². The van der Waals surface area contributed by atoms with E-state index >= 15 is 0 Å². The van der Waals surface area contributed by atoms with Crippen LogP contribution < -0.4 is 10.1 Å². The van der Waals surface area contributed by atoms with Gasteiger partial charge >= 0.3 is 0 Å². The van der Waals surface area contributed by atoms with E-state index in [1.807, 2.05) is 48.4 Å². The molecule has 0 radical (unpaired) electrons. The molecule has 1 aliphatic rings. The SMILES string of the molecule is COc1ccc(CCNC(=O)CN2CCC[C@H]2c2cnn(C)c2)cc1. The van der Waals surface area contributed by atoms with E-state index in [9.17, 15) is 4.79 Å². The number of hydrogen-bond donors (Lipinski definition) is 1. The van der Waals surface area contributed by atoms with Crippen LogP contribution in [0.1, 0.15) is 30.0 Å². The number of aromatic nitrogens is 2. The van der Waals surface area contributed by atoms with Crippen LogP contribution in [-0.2, 0) is 18.3 Å². The van der Waals surface area contributed by atoms with E-state index in [4.69, 9.17) is 4.74 Å². The first-order valence-electron chi connectivity index (χ1n) is 8.78. The smallest absolute Gasteiger partial charge is 0.234 e. The van der Waals surface area contributed by atoms with E-state index in [0.717, 1.165) is 31.6 Å². The van der Waals surface area contributed by atoms with Crippen LogP contribution in [0.25, 0.3) is 0 Å². The summed E-state index contributed by atoms with van der Waals surface area (Å²) < 4.78 is 6.97. The summed E-state index contributed by atoms with van der Waals surface area (Å²) in [6.45, 7) is 2.06. The molecular weight excluding hydrogens is 316 g/mol. The number of nitrogens with one attached hydrogen (secondary N) is 1. The molecule has 0 bridgehead atoms. The molecule has 1 aromatic heterocycles. The Kier molecular flexibility index (Phi) is 5.71. The second kappa shape index (κ2) is 8.16. The molecule has 1 aromatic carbocycles.